The van der Waals surface area contributed by atoms with Crippen LogP contribution in [0, 0.1) is 0 Å². The summed E-state index contributed by atoms with van der Waals surface area (Å²) in [4.78, 5) is 16.8. The maximum absolute atomic E-state index is 12.6. The van der Waals surface area contributed by atoms with E-state index in [0.717, 1.165) is 36.8 Å². The number of amides is 1. The van der Waals surface area contributed by atoms with Gasteiger partial charge >= 0.3 is 0 Å². The first-order chi connectivity index (χ1) is 10.5. The highest BCUT2D eigenvalue weighted by molar-refractivity contribution is 6.31. The van der Waals surface area contributed by atoms with Crippen molar-refractivity contribution in [3.63, 3.8) is 0 Å². The Balaban J connectivity index is 1.71. The Bertz CT molecular complexity index is 674. The zero-order chi connectivity index (χ0) is 15.7. The second-order valence-electron chi connectivity index (χ2n) is 6.19. The van der Waals surface area contributed by atoms with Gasteiger partial charge in [-0.05, 0) is 56.6 Å². The minimum absolute atomic E-state index is 0.159. The molecule has 1 aromatic carbocycles. The molecule has 0 radical (unpaired) electrons. The third-order valence-electron chi connectivity index (χ3n) is 4.67. The lowest BCUT2D eigenvalue weighted by Gasteiger charge is -2.35. The number of nitrogens with zero attached hydrogens (tertiary/aromatic N) is 3. The van der Waals surface area contributed by atoms with E-state index in [0.29, 0.717) is 17.6 Å². The third kappa shape index (κ3) is 3.13. The van der Waals surface area contributed by atoms with Gasteiger partial charge in [-0.1, -0.05) is 17.7 Å². The van der Waals surface area contributed by atoms with Crippen LogP contribution in [0.5, 0.6) is 0 Å². The molecule has 1 aliphatic rings. The maximum Gasteiger partial charge on any atom is 0.242 e. The zero-order valence-electron chi connectivity index (χ0n) is 13.1. The first-order valence-electron chi connectivity index (χ1n) is 7.73. The number of halogens is 1. The number of hydrogen-bond donors (Lipinski definition) is 0. The molecule has 1 aliphatic heterocycles. The normalized spacial score (nSPS) is 17.0. The van der Waals surface area contributed by atoms with Gasteiger partial charge in [-0.3, -0.25) is 4.79 Å². The number of likely N-dealkylation sites (N-methyl/N-ethyl adjacent to an activating group) is 1. The minimum atomic E-state index is 0.159. The molecule has 0 aliphatic carbocycles. The van der Waals surface area contributed by atoms with E-state index in [1.54, 1.807) is 0 Å². The van der Waals surface area contributed by atoms with Gasteiger partial charge in [0.05, 0.1) is 0 Å². The lowest BCUT2D eigenvalue weighted by Crippen LogP contribution is -2.45. The number of aromatic nitrogens is 1. The first-order valence-corrected chi connectivity index (χ1v) is 8.11. The molecule has 3 rings (SSSR count). The molecule has 0 unspecified atom stereocenters. The molecule has 1 fully saturated rings. The first kappa shape index (κ1) is 15.4. The fourth-order valence-electron chi connectivity index (χ4n) is 3.14. The highest BCUT2D eigenvalue weighted by Crippen LogP contribution is 2.21. The van der Waals surface area contributed by atoms with Gasteiger partial charge in [0.2, 0.25) is 5.91 Å². The number of hydrogen-bond acceptors (Lipinski definition) is 2. The van der Waals surface area contributed by atoms with Gasteiger partial charge in [-0.2, -0.15) is 0 Å². The average Bonchev–Trinajstić information content (AvgIpc) is 2.89. The summed E-state index contributed by atoms with van der Waals surface area (Å²) < 4.78 is 1.98. The largest absolute Gasteiger partial charge is 0.341 e. The summed E-state index contributed by atoms with van der Waals surface area (Å²) in [5.74, 6) is 0.159. The van der Waals surface area contributed by atoms with Crippen molar-refractivity contribution in [2.75, 3.05) is 27.2 Å². The minimum Gasteiger partial charge on any atom is -0.341 e. The van der Waals surface area contributed by atoms with Crippen LogP contribution in [0.15, 0.2) is 30.5 Å². The van der Waals surface area contributed by atoms with Crippen molar-refractivity contribution in [2.45, 2.75) is 25.4 Å². The van der Waals surface area contributed by atoms with E-state index in [9.17, 15) is 4.79 Å². The number of carbonyl (C=O) groups excluding carboxylic acids is 1. The molecule has 0 spiro atoms. The molecule has 1 aromatic heterocycles. The van der Waals surface area contributed by atoms with Gasteiger partial charge in [0.25, 0.3) is 0 Å². The molecule has 22 heavy (non-hydrogen) atoms. The van der Waals surface area contributed by atoms with Crippen molar-refractivity contribution in [1.29, 1.82) is 0 Å². The van der Waals surface area contributed by atoms with Gasteiger partial charge < -0.3 is 14.4 Å². The molecule has 2 aromatic rings. The third-order valence-corrected chi connectivity index (χ3v) is 4.91. The van der Waals surface area contributed by atoms with Crippen molar-refractivity contribution in [3.8, 4) is 0 Å². The molecule has 1 saturated heterocycles. The summed E-state index contributed by atoms with van der Waals surface area (Å²) in [7, 11) is 4.06. The summed E-state index contributed by atoms with van der Waals surface area (Å²) in [5.41, 5.74) is 1.01. The van der Waals surface area contributed by atoms with Crippen molar-refractivity contribution >= 4 is 28.4 Å². The van der Waals surface area contributed by atoms with Crippen LogP contribution in [-0.2, 0) is 11.3 Å². The summed E-state index contributed by atoms with van der Waals surface area (Å²) >= 11 is 6.07. The molecular weight excluding hydrogens is 298 g/mol. The summed E-state index contributed by atoms with van der Waals surface area (Å²) in [6.45, 7) is 2.49. The van der Waals surface area contributed by atoms with Gasteiger partial charge in [-0.15, -0.1) is 0 Å². The summed E-state index contributed by atoms with van der Waals surface area (Å²) in [6.07, 6.45) is 4.06. The zero-order valence-corrected chi connectivity index (χ0v) is 13.9. The van der Waals surface area contributed by atoms with Crippen LogP contribution in [0.2, 0.25) is 5.02 Å². The Labute approximate surface area is 136 Å². The van der Waals surface area contributed by atoms with E-state index >= 15 is 0 Å². The highest BCUT2D eigenvalue weighted by atomic mass is 35.5. The molecule has 0 bridgehead atoms. The van der Waals surface area contributed by atoms with Crippen molar-refractivity contribution < 1.29 is 4.79 Å². The Kier molecular flexibility index (Phi) is 4.41. The number of benzene rings is 1. The van der Waals surface area contributed by atoms with E-state index in [1.165, 1.54) is 0 Å². The average molecular weight is 320 g/mol. The fraction of sp³-hybridized carbons (Fsp3) is 0.471. The van der Waals surface area contributed by atoms with Crippen LogP contribution in [0.3, 0.4) is 0 Å². The van der Waals surface area contributed by atoms with E-state index in [4.69, 9.17) is 11.6 Å². The van der Waals surface area contributed by atoms with E-state index in [1.807, 2.05) is 47.0 Å². The summed E-state index contributed by atoms with van der Waals surface area (Å²) in [6, 6.07) is 8.16. The molecule has 0 saturated carbocycles. The highest BCUT2D eigenvalue weighted by Gasteiger charge is 2.24. The topological polar surface area (TPSA) is 28.5 Å². The monoisotopic (exact) mass is 319 g/mol. The van der Waals surface area contributed by atoms with Crippen LogP contribution in [0.4, 0.5) is 0 Å². The lowest BCUT2D eigenvalue weighted by atomic mass is 10.0. The molecule has 2 heterocycles. The van der Waals surface area contributed by atoms with Crippen molar-refractivity contribution in [3.05, 3.63) is 35.5 Å². The molecule has 5 heteroatoms. The second kappa shape index (κ2) is 6.31. The van der Waals surface area contributed by atoms with Crippen LogP contribution in [-0.4, -0.2) is 53.5 Å². The van der Waals surface area contributed by atoms with Crippen LogP contribution >= 0.6 is 11.6 Å². The van der Waals surface area contributed by atoms with Gasteiger partial charge in [0, 0.05) is 29.8 Å². The number of rotatable bonds is 3. The number of likely N-dealkylation sites (tertiary alicyclic amines) is 1. The SMILES string of the molecule is CN1CCC(N(C)C(=O)Cn2ccc3ccc(Cl)cc32)CC1. The number of piperidine rings is 1. The van der Waals surface area contributed by atoms with Crippen molar-refractivity contribution in [2.24, 2.45) is 0 Å². The Morgan fingerprint density at radius 3 is 2.77 bits per heavy atom. The Hall–Kier alpha value is -1.52. The molecule has 0 N–H and O–H groups in total. The van der Waals surface area contributed by atoms with Gasteiger partial charge in [0.1, 0.15) is 6.54 Å². The molecule has 118 valence electrons. The second-order valence-corrected chi connectivity index (χ2v) is 6.62. The fourth-order valence-corrected chi connectivity index (χ4v) is 3.30. The van der Waals surface area contributed by atoms with Crippen LogP contribution < -0.4 is 0 Å². The molecular formula is C17H22ClN3O. The van der Waals surface area contributed by atoms with Crippen molar-refractivity contribution in [1.82, 2.24) is 14.4 Å². The van der Waals surface area contributed by atoms with Crippen LogP contribution in [0.25, 0.3) is 10.9 Å². The molecule has 4 nitrogen and oxygen atoms in total. The van der Waals surface area contributed by atoms with E-state index in [-0.39, 0.29) is 5.91 Å². The Morgan fingerprint density at radius 2 is 2.05 bits per heavy atom. The predicted molar refractivity (Wildman–Crippen MR) is 90.2 cm³/mol. The smallest absolute Gasteiger partial charge is 0.242 e. The van der Waals surface area contributed by atoms with E-state index < -0.39 is 0 Å². The number of fused-ring (bicyclic) bond motifs is 1. The molecule has 1 amide bonds. The van der Waals surface area contributed by atoms with Gasteiger partial charge in [-0.25, -0.2) is 0 Å². The number of carbonyl (C=O) groups is 1. The lowest BCUT2D eigenvalue weighted by molar-refractivity contribution is -0.133. The predicted octanol–water partition coefficient (Wildman–Crippen LogP) is 2.85. The Morgan fingerprint density at radius 1 is 1.32 bits per heavy atom. The standard InChI is InChI=1S/C17H22ClN3O/c1-19-8-6-15(7-9-19)20(2)17(22)12-21-10-5-13-3-4-14(18)11-16(13)21/h3-5,10-11,15H,6-9,12H2,1-2H3. The summed E-state index contributed by atoms with van der Waals surface area (Å²) in [5, 5.41) is 1.81. The van der Waals surface area contributed by atoms with Crippen LogP contribution in [0.1, 0.15) is 12.8 Å². The van der Waals surface area contributed by atoms with E-state index in [2.05, 4.69) is 11.9 Å². The van der Waals surface area contributed by atoms with Gasteiger partial charge in [0.15, 0.2) is 0 Å². The molecule has 0 atom stereocenters. The maximum atomic E-state index is 12.6. The quantitative estimate of drug-likeness (QED) is 0.870.